The van der Waals surface area contributed by atoms with Gasteiger partial charge in [0.1, 0.15) is 0 Å². The van der Waals surface area contributed by atoms with Crippen LogP contribution in [-0.2, 0) is 6.54 Å². The van der Waals surface area contributed by atoms with E-state index >= 15 is 0 Å². The van der Waals surface area contributed by atoms with Crippen molar-refractivity contribution in [2.24, 2.45) is 10.9 Å². The van der Waals surface area contributed by atoms with Gasteiger partial charge in [-0.2, -0.15) is 0 Å². The largest absolute Gasteiger partial charge is 0.347 e. The first-order valence-electron chi connectivity index (χ1n) is 8.57. The van der Waals surface area contributed by atoms with Crippen LogP contribution in [0.1, 0.15) is 52.0 Å². The number of nitrogens with zero attached hydrogens (tertiary/aromatic N) is 3. The lowest BCUT2D eigenvalue weighted by atomic mass is 10.0. The molecule has 2 rings (SSSR count). The number of aliphatic imine (C=N–C) groups is 1. The standard InChI is InChI=1S/C18H29N3S/c1-4-7-15(3)9-11-21(14-16-8-6-10-19-12-16)18-20-13-17(5-2)22-18/h6,8,10,12,15,17H,4-5,7,9,11,13-14H2,1-3H3. The molecule has 4 heteroatoms. The summed E-state index contributed by atoms with van der Waals surface area (Å²) in [4.78, 5) is 11.5. The smallest absolute Gasteiger partial charge is 0.159 e. The number of rotatable bonds is 8. The van der Waals surface area contributed by atoms with Crippen LogP contribution < -0.4 is 0 Å². The molecule has 0 N–H and O–H groups in total. The first-order valence-corrected chi connectivity index (χ1v) is 9.45. The molecule has 2 unspecified atom stereocenters. The van der Waals surface area contributed by atoms with Crippen molar-refractivity contribution < 1.29 is 0 Å². The van der Waals surface area contributed by atoms with Crippen molar-refractivity contribution in [1.29, 1.82) is 0 Å². The van der Waals surface area contributed by atoms with Crippen LogP contribution in [0.2, 0.25) is 0 Å². The van der Waals surface area contributed by atoms with Crippen LogP contribution in [0.5, 0.6) is 0 Å². The van der Waals surface area contributed by atoms with Crippen molar-refractivity contribution in [2.75, 3.05) is 13.1 Å². The molecule has 0 amide bonds. The predicted octanol–water partition coefficient (Wildman–Crippen LogP) is 4.59. The van der Waals surface area contributed by atoms with E-state index in [-0.39, 0.29) is 0 Å². The summed E-state index contributed by atoms with van der Waals surface area (Å²) in [7, 11) is 0. The van der Waals surface area contributed by atoms with Gasteiger partial charge in [-0.1, -0.05) is 51.4 Å². The van der Waals surface area contributed by atoms with Gasteiger partial charge in [0.15, 0.2) is 5.17 Å². The summed E-state index contributed by atoms with van der Waals surface area (Å²) in [5.41, 5.74) is 1.27. The van der Waals surface area contributed by atoms with Crippen molar-refractivity contribution in [1.82, 2.24) is 9.88 Å². The Balaban J connectivity index is 1.98. The zero-order chi connectivity index (χ0) is 15.8. The summed E-state index contributed by atoms with van der Waals surface area (Å²) >= 11 is 1.96. The number of amidine groups is 1. The van der Waals surface area contributed by atoms with Gasteiger partial charge in [-0.05, 0) is 30.4 Å². The predicted molar refractivity (Wildman–Crippen MR) is 97.3 cm³/mol. The fourth-order valence-corrected chi connectivity index (χ4v) is 3.83. The highest BCUT2D eigenvalue weighted by Gasteiger charge is 2.23. The van der Waals surface area contributed by atoms with Crippen molar-refractivity contribution >= 4 is 16.9 Å². The second-order valence-corrected chi connectivity index (χ2v) is 7.50. The highest BCUT2D eigenvalue weighted by atomic mass is 32.2. The lowest BCUT2D eigenvalue weighted by Crippen LogP contribution is -2.30. The molecule has 0 bridgehead atoms. The van der Waals surface area contributed by atoms with Crippen LogP contribution in [-0.4, -0.2) is 33.4 Å². The summed E-state index contributed by atoms with van der Waals surface area (Å²) in [5, 5.41) is 1.90. The molecule has 1 aliphatic heterocycles. The Labute approximate surface area is 139 Å². The van der Waals surface area contributed by atoms with E-state index in [2.05, 4.69) is 36.7 Å². The normalized spacial score (nSPS) is 19.0. The fourth-order valence-electron chi connectivity index (χ4n) is 2.76. The van der Waals surface area contributed by atoms with Crippen LogP contribution in [0.15, 0.2) is 29.5 Å². The van der Waals surface area contributed by atoms with Crippen LogP contribution in [0.4, 0.5) is 0 Å². The van der Waals surface area contributed by atoms with Gasteiger partial charge in [0.25, 0.3) is 0 Å². The molecular formula is C18H29N3S. The molecule has 0 spiro atoms. The third-order valence-corrected chi connectivity index (χ3v) is 5.61. The summed E-state index contributed by atoms with van der Waals surface area (Å²) < 4.78 is 0. The molecule has 3 nitrogen and oxygen atoms in total. The van der Waals surface area contributed by atoms with Gasteiger partial charge in [0, 0.05) is 30.7 Å². The number of pyridine rings is 1. The molecule has 22 heavy (non-hydrogen) atoms. The molecule has 1 aromatic rings. The number of hydrogen-bond donors (Lipinski definition) is 0. The second-order valence-electron chi connectivity index (χ2n) is 6.24. The third-order valence-electron chi connectivity index (χ3n) is 4.20. The molecule has 0 saturated heterocycles. The molecule has 1 aliphatic rings. The summed E-state index contributed by atoms with van der Waals surface area (Å²) in [5.74, 6) is 0.787. The SMILES string of the molecule is CCCC(C)CCN(Cc1cccnc1)C1=NCC(CC)S1. The molecule has 0 aromatic carbocycles. The minimum absolute atomic E-state index is 0.666. The van der Waals surface area contributed by atoms with E-state index < -0.39 is 0 Å². The second kappa shape index (κ2) is 9.19. The van der Waals surface area contributed by atoms with Gasteiger partial charge in [-0.3, -0.25) is 9.98 Å². The van der Waals surface area contributed by atoms with E-state index in [1.165, 1.54) is 36.4 Å². The van der Waals surface area contributed by atoms with Crippen LogP contribution in [0.25, 0.3) is 0 Å². The lowest BCUT2D eigenvalue weighted by molar-refractivity contribution is 0.360. The molecule has 2 atom stereocenters. The molecule has 122 valence electrons. The Hall–Kier alpha value is -1.03. The minimum atomic E-state index is 0.666. The molecule has 0 aliphatic carbocycles. The zero-order valence-corrected chi connectivity index (χ0v) is 15.0. The summed E-state index contributed by atoms with van der Waals surface area (Å²) in [6.45, 7) is 9.89. The first kappa shape index (κ1) is 17.3. The fraction of sp³-hybridized carbons (Fsp3) is 0.667. The van der Waals surface area contributed by atoms with Gasteiger partial charge in [-0.15, -0.1) is 0 Å². The average molecular weight is 320 g/mol. The Bertz CT molecular complexity index is 461. The Morgan fingerprint density at radius 3 is 2.86 bits per heavy atom. The Kier molecular flexibility index (Phi) is 7.23. The van der Waals surface area contributed by atoms with E-state index in [1.54, 1.807) is 0 Å². The number of hydrogen-bond acceptors (Lipinski definition) is 4. The van der Waals surface area contributed by atoms with Crippen molar-refractivity contribution in [2.45, 2.75) is 58.2 Å². The summed E-state index contributed by atoms with van der Waals surface area (Å²) in [6, 6.07) is 4.18. The quantitative estimate of drug-likeness (QED) is 0.701. The third kappa shape index (κ3) is 5.31. The summed E-state index contributed by atoms with van der Waals surface area (Å²) in [6.07, 6.45) is 8.84. The number of aromatic nitrogens is 1. The molecular weight excluding hydrogens is 290 g/mol. The van der Waals surface area contributed by atoms with E-state index in [9.17, 15) is 0 Å². The Morgan fingerprint density at radius 1 is 1.36 bits per heavy atom. The topological polar surface area (TPSA) is 28.5 Å². The molecule has 1 aromatic heterocycles. The van der Waals surface area contributed by atoms with E-state index in [0.717, 1.165) is 25.6 Å². The lowest BCUT2D eigenvalue weighted by Gasteiger charge is -2.26. The Morgan fingerprint density at radius 2 is 2.23 bits per heavy atom. The monoisotopic (exact) mass is 319 g/mol. The van der Waals surface area contributed by atoms with E-state index in [0.29, 0.717) is 5.25 Å². The van der Waals surface area contributed by atoms with Gasteiger partial charge >= 0.3 is 0 Å². The van der Waals surface area contributed by atoms with E-state index in [4.69, 9.17) is 4.99 Å². The van der Waals surface area contributed by atoms with Crippen LogP contribution in [0.3, 0.4) is 0 Å². The molecule has 0 radical (unpaired) electrons. The van der Waals surface area contributed by atoms with Crippen molar-refractivity contribution in [3.05, 3.63) is 30.1 Å². The van der Waals surface area contributed by atoms with Gasteiger partial charge < -0.3 is 4.90 Å². The van der Waals surface area contributed by atoms with Crippen molar-refractivity contribution in [3.63, 3.8) is 0 Å². The van der Waals surface area contributed by atoms with Crippen LogP contribution in [0, 0.1) is 5.92 Å². The van der Waals surface area contributed by atoms with Gasteiger partial charge in [0.2, 0.25) is 0 Å². The maximum Gasteiger partial charge on any atom is 0.159 e. The molecule has 0 saturated carbocycles. The minimum Gasteiger partial charge on any atom is -0.347 e. The molecule has 0 fully saturated rings. The van der Waals surface area contributed by atoms with Crippen molar-refractivity contribution in [3.8, 4) is 0 Å². The van der Waals surface area contributed by atoms with Crippen LogP contribution >= 0.6 is 11.8 Å². The van der Waals surface area contributed by atoms with Gasteiger partial charge in [-0.25, -0.2) is 0 Å². The van der Waals surface area contributed by atoms with E-state index in [1.807, 2.05) is 30.2 Å². The first-order chi connectivity index (χ1) is 10.7. The van der Waals surface area contributed by atoms with Gasteiger partial charge in [0.05, 0.1) is 6.54 Å². The average Bonchev–Trinajstić information content (AvgIpc) is 3.01. The highest BCUT2D eigenvalue weighted by molar-refractivity contribution is 8.14. The maximum absolute atomic E-state index is 4.79. The maximum atomic E-state index is 4.79. The highest BCUT2D eigenvalue weighted by Crippen LogP contribution is 2.27. The zero-order valence-electron chi connectivity index (χ0n) is 14.2. The molecule has 2 heterocycles. The number of thioether (sulfide) groups is 1.